The number of likely N-dealkylation sites (tertiary alicyclic amines) is 1. The van der Waals surface area contributed by atoms with Gasteiger partial charge in [-0.15, -0.1) is 0 Å². The Bertz CT molecular complexity index is 349. The molecule has 0 unspecified atom stereocenters. The van der Waals surface area contributed by atoms with E-state index in [2.05, 4.69) is 9.80 Å². The van der Waals surface area contributed by atoms with Crippen LogP contribution in [0.5, 0.6) is 0 Å². The van der Waals surface area contributed by atoms with Crippen molar-refractivity contribution < 1.29 is 9.53 Å². The van der Waals surface area contributed by atoms with Crippen LogP contribution in [0.3, 0.4) is 0 Å². The van der Waals surface area contributed by atoms with E-state index in [4.69, 9.17) is 4.74 Å². The highest BCUT2D eigenvalue weighted by molar-refractivity contribution is 5.79. The van der Waals surface area contributed by atoms with E-state index in [0.29, 0.717) is 17.9 Å². The molecule has 0 bridgehead atoms. The first-order valence-corrected chi connectivity index (χ1v) is 9.45. The first-order chi connectivity index (χ1) is 10.8. The van der Waals surface area contributed by atoms with Gasteiger partial charge in [0, 0.05) is 38.1 Å². The Kier molecular flexibility index (Phi) is 6.13. The van der Waals surface area contributed by atoms with Gasteiger partial charge in [-0.3, -0.25) is 9.69 Å². The number of morpholine rings is 1. The molecule has 22 heavy (non-hydrogen) atoms. The lowest BCUT2D eigenvalue weighted by Gasteiger charge is -2.40. The van der Waals surface area contributed by atoms with E-state index < -0.39 is 0 Å². The average Bonchev–Trinajstić information content (AvgIpc) is 2.61. The molecule has 0 aromatic carbocycles. The summed E-state index contributed by atoms with van der Waals surface area (Å²) >= 11 is 0. The van der Waals surface area contributed by atoms with Gasteiger partial charge in [-0.2, -0.15) is 0 Å². The summed E-state index contributed by atoms with van der Waals surface area (Å²) in [5.74, 6) is 0.809. The number of amides is 1. The molecule has 2 saturated heterocycles. The van der Waals surface area contributed by atoms with Gasteiger partial charge in [0.25, 0.3) is 0 Å². The average molecular weight is 308 g/mol. The first-order valence-electron chi connectivity index (χ1n) is 9.45. The number of nitrogens with zero attached hydrogens (tertiary/aromatic N) is 2. The summed E-state index contributed by atoms with van der Waals surface area (Å²) in [6.45, 7) is 5.99. The fourth-order valence-electron chi connectivity index (χ4n) is 4.33. The van der Waals surface area contributed by atoms with Gasteiger partial charge < -0.3 is 9.64 Å². The second-order valence-electron chi connectivity index (χ2n) is 7.26. The molecule has 1 saturated carbocycles. The smallest absolute Gasteiger partial charge is 0.225 e. The zero-order valence-electron chi connectivity index (χ0n) is 14.0. The fourth-order valence-corrected chi connectivity index (χ4v) is 4.33. The van der Waals surface area contributed by atoms with Crippen molar-refractivity contribution in [3.8, 4) is 0 Å². The van der Waals surface area contributed by atoms with Crippen LogP contribution in [0.4, 0.5) is 0 Å². The monoisotopic (exact) mass is 308 g/mol. The highest BCUT2D eigenvalue weighted by atomic mass is 16.5. The summed E-state index contributed by atoms with van der Waals surface area (Å²) in [6.07, 6.45) is 10.9. The first kappa shape index (κ1) is 16.3. The van der Waals surface area contributed by atoms with Crippen molar-refractivity contribution in [2.45, 2.75) is 63.8 Å². The molecule has 1 amide bonds. The van der Waals surface area contributed by atoms with Crippen molar-refractivity contribution in [3.63, 3.8) is 0 Å². The number of rotatable bonds is 4. The molecule has 1 atom stereocenters. The molecule has 2 aliphatic heterocycles. The molecule has 4 nitrogen and oxygen atoms in total. The number of ether oxygens (including phenoxy) is 1. The van der Waals surface area contributed by atoms with E-state index in [9.17, 15) is 4.79 Å². The van der Waals surface area contributed by atoms with Gasteiger partial charge in [0.05, 0.1) is 13.2 Å². The number of hydrogen-bond acceptors (Lipinski definition) is 3. The Balaban J connectivity index is 1.52. The normalized spacial score (nSPS) is 28.7. The van der Waals surface area contributed by atoms with Crippen LogP contribution in [0.2, 0.25) is 0 Å². The van der Waals surface area contributed by atoms with Gasteiger partial charge in [-0.05, 0) is 38.5 Å². The summed E-state index contributed by atoms with van der Waals surface area (Å²) in [5.41, 5.74) is 0. The lowest BCUT2D eigenvalue weighted by atomic mass is 9.87. The minimum atomic E-state index is 0.331. The minimum Gasteiger partial charge on any atom is -0.379 e. The zero-order valence-corrected chi connectivity index (χ0v) is 14.0. The molecular weight excluding hydrogens is 276 g/mol. The Morgan fingerprint density at radius 2 is 1.64 bits per heavy atom. The molecule has 3 aliphatic rings. The second-order valence-corrected chi connectivity index (χ2v) is 7.26. The SMILES string of the molecule is O=C(C1CCCCC1)N1CCCC[C@H]1CCN1CCOCC1. The van der Waals surface area contributed by atoms with Gasteiger partial charge in [-0.25, -0.2) is 0 Å². The minimum absolute atomic E-state index is 0.331. The van der Waals surface area contributed by atoms with Crippen molar-refractivity contribution in [2.24, 2.45) is 5.92 Å². The van der Waals surface area contributed by atoms with Crippen LogP contribution in [0.1, 0.15) is 57.8 Å². The number of hydrogen-bond donors (Lipinski definition) is 0. The van der Waals surface area contributed by atoms with Gasteiger partial charge in [-0.1, -0.05) is 19.3 Å². The molecular formula is C18H32N2O2. The maximum absolute atomic E-state index is 12.9. The zero-order chi connectivity index (χ0) is 15.2. The molecule has 3 rings (SSSR count). The third kappa shape index (κ3) is 4.23. The summed E-state index contributed by atoms with van der Waals surface area (Å²) in [5, 5.41) is 0. The van der Waals surface area contributed by atoms with Crippen LogP contribution in [0, 0.1) is 5.92 Å². The molecule has 0 radical (unpaired) electrons. The van der Waals surface area contributed by atoms with E-state index in [-0.39, 0.29) is 0 Å². The Morgan fingerprint density at radius 1 is 0.909 bits per heavy atom. The van der Waals surface area contributed by atoms with E-state index in [0.717, 1.165) is 58.7 Å². The van der Waals surface area contributed by atoms with Crippen LogP contribution in [-0.2, 0) is 9.53 Å². The highest BCUT2D eigenvalue weighted by Gasteiger charge is 2.32. The molecule has 0 aromatic rings. The van der Waals surface area contributed by atoms with E-state index >= 15 is 0 Å². The molecule has 0 aromatic heterocycles. The molecule has 126 valence electrons. The van der Waals surface area contributed by atoms with E-state index in [1.54, 1.807) is 0 Å². The van der Waals surface area contributed by atoms with Gasteiger partial charge in [0.15, 0.2) is 0 Å². The van der Waals surface area contributed by atoms with Crippen molar-refractivity contribution in [1.29, 1.82) is 0 Å². The van der Waals surface area contributed by atoms with Crippen molar-refractivity contribution in [3.05, 3.63) is 0 Å². The summed E-state index contributed by atoms with van der Waals surface area (Å²) in [6, 6.07) is 0.492. The summed E-state index contributed by atoms with van der Waals surface area (Å²) in [7, 11) is 0. The quantitative estimate of drug-likeness (QED) is 0.800. The van der Waals surface area contributed by atoms with E-state index in [1.807, 2.05) is 0 Å². The van der Waals surface area contributed by atoms with Crippen LogP contribution in [-0.4, -0.2) is 61.1 Å². The summed E-state index contributed by atoms with van der Waals surface area (Å²) < 4.78 is 5.42. The van der Waals surface area contributed by atoms with Crippen LogP contribution in [0.25, 0.3) is 0 Å². The molecule has 0 spiro atoms. The lowest BCUT2D eigenvalue weighted by molar-refractivity contribution is -0.140. The van der Waals surface area contributed by atoms with Crippen LogP contribution in [0.15, 0.2) is 0 Å². The highest BCUT2D eigenvalue weighted by Crippen LogP contribution is 2.29. The maximum atomic E-state index is 12.9. The molecule has 1 aliphatic carbocycles. The second kappa shape index (κ2) is 8.30. The Morgan fingerprint density at radius 3 is 2.41 bits per heavy atom. The van der Waals surface area contributed by atoms with Gasteiger partial charge >= 0.3 is 0 Å². The predicted octanol–water partition coefficient (Wildman–Crippen LogP) is 2.67. The molecule has 4 heteroatoms. The number of carbonyl (C=O) groups excluding carboxylic acids is 1. The third-order valence-electron chi connectivity index (χ3n) is 5.75. The van der Waals surface area contributed by atoms with Gasteiger partial charge in [0.1, 0.15) is 0 Å². The third-order valence-corrected chi connectivity index (χ3v) is 5.75. The van der Waals surface area contributed by atoms with Gasteiger partial charge in [0.2, 0.25) is 5.91 Å². The summed E-state index contributed by atoms with van der Waals surface area (Å²) in [4.78, 5) is 17.7. The van der Waals surface area contributed by atoms with Crippen molar-refractivity contribution in [2.75, 3.05) is 39.4 Å². The number of carbonyl (C=O) groups is 1. The maximum Gasteiger partial charge on any atom is 0.225 e. The molecule has 3 fully saturated rings. The molecule has 2 heterocycles. The van der Waals surface area contributed by atoms with Crippen LogP contribution < -0.4 is 0 Å². The predicted molar refractivity (Wildman–Crippen MR) is 87.8 cm³/mol. The molecule has 0 N–H and O–H groups in total. The fraction of sp³-hybridized carbons (Fsp3) is 0.944. The largest absolute Gasteiger partial charge is 0.379 e. The standard InChI is InChI=1S/C18H32N2O2/c21-18(16-6-2-1-3-7-16)20-10-5-4-8-17(20)9-11-19-12-14-22-15-13-19/h16-17H,1-15H2/t17-/m0/s1. The Labute approximate surface area is 135 Å². The topological polar surface area (TPSA) is 32.8 Å². The Hall–Kier alpha value is -0.610. The van der Waals surface area contributed by atoms with E-state index in [1.165, 1.54) is 38.5 Å². The number of piperidine rings is 1. The lowest BCUT2D eigenvalue weighted by Crippen LogP contribution is -2.48. The van der Waals surface area contributed by atoms with Crippen molar-refractivity contribution >= 4 is 5.91 Å². The van der Waals surface area contributed by atoms with Crippen molar-refractivity contribution in [1.82, 2.24) is 9.80 Å². The van der Waals surface area contributed by atoms with Crippen LogP contribution >= 0.6 is 0 Å².